The summed E-state index contributed by atoms with van der Waals surface area (Å²) >= 11 is 0. The van der Waals surface area contributed by atoms with E-state index >= 15 is 0 Å². The largest absolute Gasteiger partial charge is 0.496 e. The van der Waals surface area contributed by atoms with Crippen LogP contribution in [0.4, 0.5) is 0 Å². The average Bonchev–Trinajstić information content (AvgIpc) is 3.19. The third-order valence-electron chi connectivity index (χ3n) is 5.76. The SMILES string of the molecule is CCCCCCNC(=O)c1cc(-c2ccccc2OC)n2nc(C)c(-c3ccccc3)c2n1. The first-order chi connectivity index (χ1) is 16.1. The second-order valence-electron chi connectivity index (χ2n) is 8.11. The Hall–Kier alpha value is -3.67. The normalized spacial score (nSPS) is 11.0. The van der Waals surface area contributed by atoms with Crippen molar-refractivity contribution < 1.29 is 9.53 Å². The molecule has 0 spiro atoms. The number of carbonyl (C=O) groups is 1. The minimum atomic E-state index is -0.178. The number of rotatable bonds is 9. The number of ether oxygens (including phenoxy) is 1. The van der Waals surface area contributed by atoms with E-state index in [1.807, 2.05) is 66.0 Å². The third-order valence-corrected chi connectivity index (χ3v) is 5.76. The fraction of sp³-hybridized carbons (Fsp3) is 0.296. The van der Waals surface area contributed by atoms with Crippen LogP contribution < -0.4 is 10.1 Å². The molecule has 33 heavy (non-hydrogen) atoms. The van der Waals surface area contributed by atoms with Crippen LogP contribution >= 0.6 is 0 Å². The number of carbonyl (C=O) groups excluding carboxylic acids is 1. The van der Waals surface area contributed by atoms with E-state index < -0.39 is 0 Å². The molecule has 2 heterocycles. The van der Waals surface area contributed by atoms with Crippen LogP contribution in [0.3, 0.4) is 0 Å². The Morgan fingerprint density at radius 3 is 2.55 bits per heavy atom. The summed E-state index contributed by atoms with van der Waals surface area (Å²) in [5.74, 6) is 0.536. The molecule has 4 aromatic rings. The highest BCUT2D eigenvalue weighted by Gasteiger charge is 2.21. The zero-order chi connectivity index (χ0) is 23.2. The van der Waals surface area contributed by atoms with E-state index in [-0.39, 0.29) is 5.91 Å². The van der Waals surface area contributed by atoms with Crippen LogP contribution in [0, 0.1) is 6.92 Å². The molecule has 0 unspecified atom stereocenters. The molecule has 1 amide bonds. The minimum absolute atomic E-state index is 0.178. The minimum Gasteiger partial charge on any atom is -0.496 e. The highest BCUT2D eigenvalue weighted by molar-refractivity contribution is 5.95. The van der Waals surface area contributed by atoms with Gasteiger partial charge in [-0.25, -0.2) is 9.50 Å². The monoisotopic (exact) mass is 442 g/mol. The van der Waals surface area contributed by atoms with Crippen LogP contribution in [0.15, 0.2) is 60.7 Å². The van der Waals surface area contributed by atoms with Gasteiger partial charge in [-0.05, 0) is 37.1 Å². The number of amides is 1. The van der Waals surface area contributed by atoms with Crippen molar-refractivity contribution in [3.8, 4) is 28.1 Å². The first-order valence-corrected chi connectivity index (χ1v) is 11.5. The van der Waals surface area contributed by atoms with Crippen LogP contribution in [0.1, 0.15) is 48.8 Å². The fourth-order valence-electron chi connectivity index (χ4n) is 4.07. The van der Waals surface area contributed by atoms with Crippen LogP contribution in [0.25, 0.3) is 28.0 Å². The van der Waals surface area contributed by atoms with Gasteiger partial charge in [0.2, 0.25) is 0 Å². The summed E-state index contributed by atoms with van der Waals surface area (Å²) in [6.07, 6.45) is 4.41. The van der Waals surface area contributed by atoms with E-state index in [9.17, 15) is 4.79 Å². The van der Waals surface area contributed by atoms with Crippen LogP contribution in [0.2, 0.25) is 0 Å². The van der Waals surface area contributed by atoms with Crippen molar-refractivity contribution in [3.63, 3.8) is 0 Å². The van der Waals surface area contributed by atoms with Crippen molar-refractivity contribution in [3.05, 3.63) is 72.1 Å². The van der Waals surface area contributed by atoms with Gasteiger partial charge in [0.15, 0.2) is 5.65 Å². The lowest BCUT2D eigenvalue weighted by atomic mass is 10.1. The van der Waals surface area contributed by atoms with E-state index in [0.717, 1.165) is 47.3 Å². The van der Waals surface area contributed by atoms with Gasteiger partial charge in [0.25, 0.3) is 5.91 Å². The van der Waals surface area contributed by atoms with E-state index in [1.165, 1.54) is 6.42 Å². The zero-order valence-corrected chi connectivity index (χ0v) is 19.5. The van der Waals surface area contributed by atoms with Crippen molar-refractivity contribution in [2.45, 2.75) is 39.5 Å². The van der Waals surface area contributed by atoms with Crippen molar-refractivity contribution in [1.29, 1.82) is 0 Å². The molecule has 0 radical (unpaired) electrons. The smallest absolute Gasteiger partial charge is 0.270 e. The van der Waals surface area contributed by atoms with Crippen LogP contribution in [-0.2, 0) is 0 Å². The predicted molar refractivity (Wildman–Crippen MR) is 132 cm³/mol. The van der Waals surface area contributed by atoms with Gasteiger partial charge in [-0.2, -0.15) is 5.10 Å². The number of hydrogen-bond donors (Lipinski definition) is 1. The lowest BCUT2D eigenvalue weighted by Gasteiger charge is -2.12. The van der Waals surface area contributed by atoms with E-state index in [2.05, 4.69) is 12.2 Å². The topological polar surface area (TPSA) is 68.5 Å². The Bertz CT molecular complexity index is 1250. The summed E-state index contributed by atoms with van der Waals surface area (Å²) in [4.78, 5) is 17.9. The van der Waals surface area contributed by atoms with Gasteiger partial charge in [0, 0.05) is 17.7 Å². The fourth-order valence-corrected chi connectivity index (χ4v) is 4.07. The molecule has 0 bridgehead atoms. The van der Waals surface area contributed by atoms with Gasteiger partial charge in [0.05, 0.1) is 18.5 Å². The van der Waals surface area contributed by atoms with Crippen molar-refractivity contribution in [2.75, 3.05) is 13.7 Å². The molecule has 4 rings (SSSR count). The molecule has 0 fully saturated rings. The molecule has 0 aliphatic carbocycles. The molecule has 0 atom stereocenters. The summed E-state index contributed by atoms with van der Waals surface area (Å²) in [5.41, 5.74) is 5.42. The Kier molecular flexibility index (Phi) is 7.03. The number of para-hydroxylation sites is 1. The number of benzene rings is 2. The first kappa shape index (κ1) is 22.5. The summed E-state index contributed by atoms with van der Waals surface area (Å²) in [6, 6.07) is 19.6. The number of aryl methyl sites for hydroxylation is 1. The van der Waals surface area contributed by atoms with E-state index in [4.69, 9.17) is 14.8 Å². The van der Waals surface area contributed by atoms with E-state index in [0.29, 0.717) is 23.6 Å². The quantitative estimate of drug-likeness (QED) is 0.338. The number of nitrogens with one attached hydrogen (secondary N) is 1. The second kappa shape index (κ2) is 10.3. The number of methoxy groups -OCH3 is 1. The molecule has 2 aromatic carbocycles. The number of nitrogens with zero attached hydrogens (tertiary/aromatic N) is 3. The summed E-state index contributed by atoms with van der Waals surface area (Å²) in [5, 5.41) is 7.84. The first-order valence-electron chi connectivity index (χ1n) is 11.5. The van der Waals surface area contributed by atoms with Crippen LogP contribution in [0.5, 0.6) is 5.75 Å². The van der Waals surface area contributed by atoms with Gasteiger partial charge in [-0.3, -0.25) is 4.79 Å². The maximum atomic E-state index is 13.1. The highest BCUT2D eigenvalue weighted by atomic mass is 16.5. The summed E-state index contributed by atoms with van der Waals surface area (Å²) in [7, 11) is 1.64. The molecule has 0 aliphatic rings. The lowest BCUT2D eigenvalue weighted by molar-refractivity contribution is 0.0948. The maximum absolute atomic E-state index is 13.1. The van der Waals surface area contributed by atoms with Crippen molar-refractivity contribution in [1.82, 2.24) is 19.9 Å². The Balaban J connectivity index is 1.84. The van der Waals surface area contributed by atoms with Gasteiger partial charge < -0.3 is 10.1 Å². The summed E-state index contributed by atoms with van der Waals surface area (Å²) < 4.78 is 7.42. The average molecular weight is 443 g/mol. The molecule has 1 N–H and O–H groups in total. The number of fused-ring (bicyclic) bond motifs is 1. The molecule has 0 aliphatic heterocycles. The maximum Gasteiger partial charge on any atom is 0.270 e. The van der Waals surface area contributed by atoms with E-state index in [1.54, 1.807) is 13.2 Å². The summed E-state index contributed by atoms with van der Waals surface area (Å²) in [6.45, 7) is 4.78. The van der Waals surface area contributed by atoms with Crippen LogP contribution in [-0.4, -0.2) is 34.2 Å². The third kappa shape index (κ3) is 4.75. The number of hydrogen-bond acceptors (Lipinski definition) is 4. The zero-order valence-electron chi connectivity index (χ0n) is 19.5. The molecular weight excluding hydrogens is 412 g/mol. The standard InChI is InChI=1S/C27H30N4O2/c1-4-5-6-12-17-28-27(32)22-18-23(21-15-10-11-16-24(21)33-3)31-26(29-22)25(19(2)30-31)20-13-8-7-9-14-20/h7-11,13-16,18H,4-6,12,17H2,1-3H3,(H,28,32). The molecule has 6 nitrogen and oxygen atoms in total. The second-order valence-corrected chi connectivity index (χ2v) is 8.11. The molecule has 170 valence electrons. The predicted octanol–water partition coefficient (Wildman–Crippen LogP) is 5.69. The highest BCUT2D eigenvalue weighted by Crippen LogP contribution is 2.34. The van der Waals surface area contributed by atoms with Crippen molar-refractivity contribution >= 4 is 11.6 Å². The molecule has 0 saturated carbocycles. The van der Waals surface area contributed by atoms with Gasteiger partial charge in [-0.15, -0.1) is 0 Å². The number of unbranched alkanes of at least 4 members (excludes halogenated alkanes) is 3. The Morgan fingerprint density at radius 1 is 1.03 bits per heavy atom. The molecule has 0 saturated heterocycles. The molecular formula is C27H30N4O2. The number of aromatic nitrogens is 3. The Labute approximate surface area is 194 Å². The lowest BCUT2D eigenvalue weighted by Crippen LogP contribution is -2.25. The van der Waals surface area contributed by atoms with Crippen molar-refractivity contribution in [2.24, 2.45) is 0 Å². The van der Waals surface area contributed by atoms with Gasteiger partial charge in [0.1, 0.15) is 11.4 Å². The molecule has 2 aromatic heterocycles. The van der Waals surface area contributed by atoms with Gasteiger partial charge >= 0.3 is 0 Å². The molecule has 6 heteroatoms. The van der Waals surface area contributed by atoms with Gasteiger partial charge in [-0.1, -0.05) is 68.7 Å². The Morgan fingerprint density at radius 2 is 1.79 bits per heavy atom.